The highest BCUT2D eigenvalue weighted by molar-refractivity contribution is 7.80. The van der Waals surface area contributed by atoms with Crippen molar-refractivity contribution in [2.24, 2.45) is 0 Å². The molecule has 0 aliphatic carbocycles. The number of hydrogen-bond acceptors (Lipinski definition) is 2. The molecule has 0 radical (unpaired) electrons. The number of benzene rings is 2. The number of aromatic nitrogens is 1. The van der Waals surface area contributed by atoms with Gasteiger partial charge in [-0.15, -0.1) is 0 Å². The maximum absolute atomic E-state index is 12.4. The van der Waals surface area contributed by atoms with Crippen LogP contribution in [0.15, 0.2) is 66.7 Å². The largest absolute Gasteiger partial charge is 0.357 e. The summed E-state index contributed by atoms with van der Waals surface area (Å²) in [5.74, 6) is -0.247. The van der Waals surface area contributed by atoms with Gasteiger partial charge in [0.25, 0.3) is 5.91 Å². The molecular weight excluding hydrogens is 356 g/mol. The lowest BCUT2D eigenvalue weighted by molar-refractivity contribution is 0.0943. The predicted octanol–water partition coefficient (Wildman–Crippen LogP) is 3.40. The second-order valence-electron chi connectivity index (χ2n) is 6.25. The second-order valence-corrected chi connectivity index (χ2v) is 6.66. The van der Waals surface area contributed by atoms with Gasteiger partial charge < -0.3 is 9.88 Å². The average molecular weight is 379 g/mol. The zero-order chi connectivity index (χ0) is 19.2. The molecule has 0 fully saturated rings. The van der Waals surface area contributed by atoms with Crippen molar-refractivity contribution >= 4 is 23.2 Å². The Morgan fingerprint density at radius 3 is 2.33 bits per heavy atom. The molecule has 6 heteroatoms. The molecule has 1 aromatic heterocycles. The molecule has 1 heterocycles. The van der Waals surface area contributed by atoms with E-state index in [2.05, 4.69) is 32.9 Å². The SMILES string of the molecule is Cc1ccc(C)n1-c1cccc(C(=O)NNC(=S)NCc2ccccc2)c1. The molecule has 5 nitrogen and oxygen atoms in total. The van der Waals surface area contributed by atoms with Gasteiger partial charge in [-0.1, -0.05) is 36.4 Å². The number of aryl methyl sites for hydroxylation is 2. The average Bonchev–Trinajstić information content (AvgIpc) is 3.03. The molecule has 138 valence electrons. The molecule has 3 rings (SSSR count). The second kappa shape index (κ2) is 8.51. The maximum atomic E-state index is 12.4. The van der Waals surface area contributed by atoms with Crippen molar-refractivity contribution in [1.82, 2.24) is 20.7 Å². The molecule has 0 aliphatic heterocycles. The number of hydrazine groups is 1. The Morgan fingerprint density at radius 1 is 0.926 bits per heavy atom. The Labute approximate surface area is 164 Å². The molecule has 0 saturated carbocycles. The molecular formula is C21H22N4OS. The van der Waals surface area contributed by atoms with E-state index < -0.39 is 0 Å². The number of carbonyl (C=O) groups is 1. The van der Waals surface area contributed by atoms with Crippen molar-refractivity contribution in [2.45, 2.75) is 20.4 Å². The van der Waals surface area contributed by atoms with Crippen molar-refractivity contribution in [2.75, 3.05) is 0 Å². The zero-order valence-electron chi connectivity index (χ0n) is 15.3. The minimum absolute atomic E-state index is 0.247. The summed E-state index contributed by atoms with van der Waals surface area (Å²) >= 11 is 5.21. The smallest absolute Gasteiger partial charge is 0.269 e. The number of nitrogens with zero attached hydrogens (tertiary/aromatic N) is 1. The van der Waals surface area contributed by atoms with E-state index in [-0.39, 0.29) is 5.91 Å². The first-order valence-corrected chi connectivity index (χ1v) is 9.09. The fourth-order valence-electron chi connectivity index (χ4n) is 2.87. The molecule has 27 heavy (non-hydrogen) atoms. The molecule has 3 aromatic rings. The van der Waals surface area contributed by atoms with E-state index in [1.165, 1.54) is 0 Å². The van der Waals surface area contributed by atoms with Gasteiger partial charge in [0.05, 0.1) is 0 Å². The van der Waals surface area contributed by atoms with Crippen molar-refractivity contribution in [3.63, 3.8) is 0 Å². The number of carbonyl (C=O) groups excluding carboxylic acids is 1. The van der Waals surface area contributed by atoms with Crippen LogP contribution in [0.4, 0.5) is 0 Å². The van der Waals surface area contributed by atoms with E-state index in [1.54, 1.807) is 6.07 Å². The minimum atomic E-state index is -0.247. The van der Waals surface area contributed by atoms with Crippen LogP contribution < -0.4 is 16.2 Å². The van der Waals surface area contributed by atoms with Gasteiger partial charge in [-0.05, 0) is 62.0 Å². The van der Waals surface area contributed by atoms with Crippen LogP contribution in [0.2, 0.25) is 0 Å². The molecule has 0 atom stereocenters. The summed E-state index contributed by atoms with van der Waals surface area (Å²) in [6, 6.07) is 21.5. The van der Waals surface area contributed by atoms with E-state index in [0.29, 0.717) is 17.2 Å². The van der Waals surface area contributed by atoms with Crippen LogP contribution in [0.1, 0.15) is 27.3 Å². The van der Waals surface area contributed by atoms with Gasteiger partial charge in [-0.25, -0.2) is 0 Å². The van der Waals surface area contributed by atoms with E-state index in [9.17, 15) is 4.79 Å². The topological polar surface area (TPSA) is 58.1 Å². The van der Waals surface area contributed by atoms with E-state index in [0.717, 1.165) is 22.6 Å². The van der Waals surface area contributed by atoms with Gasteiger partial charge in [-0.2, -0.15) is 0 Å². The molecule has 2 aromatic carbocycles. The van der Waals surface area contributed by atoms with Crippen molar-refractivity contribution in [3.05, 3.63) is 89.2 Å². The van der Waals surface area contributed by atoms with Crippen LogP contribution in [0, 0.1) is 13.8 Å². The first kappa shape index (κ1) is 18.7. The number of thiocarbonyl (C=S) groups is 1. The Kier molecular flexibility index (Phi) is 5.88. The molecule has 0 aliphatic rings. The third kappa shape index (κ3) is 4.74. The van der Waals surface area contributed by atoms with Gasteiger partial charge in [0, 0.05) is 29.2 Å². The lowest BCUT2D eigenvalue weighted by Crippen LogP contribution is -2.46. The molecule has 0 spiro atoms. The van der Waals surface area contributed by atoms with Gasteiger partial charge in [-0.3, -0.25) is 15.6 Å². The monoisotopic (exact) mass is 378 g/mol. The Morgan fingerprint density at radius 2 is 1.63 bits per heavy atom. The van der Waals surface area contributed by atoms with Crippen LogP contribution in [-0.2, 0) is 6.54 Å². The van der Waals surface area contributed by atoms with E-state index >= 15 is 0 Å². The predicted molar refractivity (Wildman–Crippen MR) is 112 cm³/mol. The quantitative estimate of drug-likeness (QED) is 0.481. The highest BCUT2D eigenvalue weighted by Gasteiger charge is 2.09. The molecule has 0 bridgehead atoms. The molecule has 1 amide bonds. The summed E-state index contributed by atoms with van der Waals surface area (Å²) in [5.41, 5.74) is 10.2. The third-order valence-electron chi connectivity index (χ3n) is 4.22. The van der Waals surface area contributed by atoms with Crippen LogP contribution in [0.25, 0.3) is 5.69 Å². The molecule has 3 N–H and O–H groups in total. The Bertz CT molecular complexity index is 930. The van der Waals surface area contributed by atoms with Crippen LogP contribution in [-0.4, -0.2) is 15.6 Å². The van der Waals surface area contributed by atoms with Crippen LogP contribution >= 0.6 is 12.2 Å². The highest BCUT2D eigenvalue weighted by Crippen LogP contribution is 2.17. The van der Waals surface area contributed by atoms with Crippen LogP contribution in [0.3, 0.4) is 0 Å². The van der Waals surface area contributed by atoms with Gasteiger partial charge >= 0.3 is 0 Å². The summed E-state index contributed by atoms with van der Waals surface area (Å²) in [5, 5.41) is 3.42. The minimum Gasteiger partial charge on any atom is -0.357 e. The summed E-state index contributed by atoms with van der Waals surface area (Å²) in [7, 11) is 0. The Balaban J connectivity index is 1.58. The highest BCUT2D eigenvalue weighted by atomic mass is 32.1. The normalized spacial score (nSPS) is 10.3. The van der Waals surface area contributed by atoms with Crippen molar-refractivity contribution in [3.8, 4) is 5.69 Å². The molecule has 0 unspecified atom stereocenters. The summed E-state index contributed by atoms with van der Waals surface area (Å²) in [6.07, 6.45) is 0. The summed E-state index contributed by atoms with van der Waals surface area (Å²) in [4.78, 5) is 12.4. The van der Waals surface area contributed by atoms with Crippen molar-refractivity contribution < 1.29 is 4.79 Å². The van der Waals surface area contributed by atoms with Gasteiger partial charge in [0.2, 0.25) is 0 Å². The maximum Gasteiger partial charge on any atom is 0.269 e. The Hall–Kier alpha value is -3.12. The standard InChI is InChI=1S/C21H22N4OS/c1-15-11-12-16(2)25(15)19-10-6-9-18(13-19)20(26)23-24-21(27)22-14-17-7-4-3-5-8-17/h3-13H,14H2,1-2H3,(H,23,26)(H2,22,24,27). The number of amides is 1. The zero-order valence-corrected chi connectivity index (χ0v) is 16.1. The number of rotatable bonds is 4. The van der Waals surface area contributed by atoms with Crippen LogP contribution in [0.5, 0.6) is 0 Å². The van der Waals surface area contributed by atoms with Gasteiger partial charge in [0.1, 0.15) is 0 Å². The number of hydrogen-bond donors (Lipinski definition) is 3. The summed E-state index contributed by atoms with van der Waals surface area (Å²) in [6.45, 7) is 4.67. The lowest BCUT2D eigenvalue weighted by Gasteiger charge is -2.13. The first-order chi connectivity index (χ1) is 13.0. The fraction of sp³-hybridized carbons (Fsp3) is 0.143. The van der Waals surface area contributed by atoms with Gasteiger partial charge in [0.15, 0.2) is 5.11 Å². The first-order valence-electron chi connectivity index (χ1n) is 8.68. The van der Waals surface area contributed by atoms with E-state index in [4.69, 9.17) is 12.2 Å². The molecule has 0 saturated heterocycles. The summed E-state index contributed by atoms with van der Waals surface area (Å²) < 4.78 is 2.11. The third-order valence-corrected chi connectivity index (χ3v) is 4.47. The fourth-order valence-corrected chi connectivity index (χ4v) is 2.99. The van der Waals surface area contributed by atoms with E-state index in [1.807, 2.05) is 62.4 Å². The lowest BCUT2D eigenvalue weighted by atomic mass is 10.2. The van der Waals surface area contributed by atoms with Crippen molar-refractivity contribution in [1.29, 1.82) is 0 Å². The number of nitrogens with one attached hydrogen (secondary N) is 3.